The Balaban J connectivity index is 1.89. The number of hydrogen-bond donors (Lipinski definition) is 0. The van der Waals surface area contributed by atoms with E-state index in [0.717, 1.165) is 6.54 Å². The van der Waals surface area contributed by atoms with Crippen molar-refractivity contribution in [3.8, 4) is 0 Å². The highest BCUT2D eigenvalue weighted by atomic mass is 32.2. The maximum atomic E-state index is 2.30. The molecule has 0 amide bonds. The maximum Gasteiger partial charge on any atom is 0.212 e. The monoisotopic (exact) mass is 283 g/mol. The van der Waals surface area contributed by atoms with Gasteiger partial charge in [0, 0.05) is 42.9 Å². The number of thioether (sulfide) groups is 1. The molecule has 0 radical (unpaired) electrons. The lowest BCUT2D eigenvalue weighted by Crippen LogP contribution is -2.32. The van der Waals surface area contributed by atoms with Gasteiger partial charge in [0.2, 0.25) is 11.2 Å². The van der Waals surface area contributed by atoms with E-state index in [-0.39, 0.29) is 0 Å². The number of fused-ring (bicyclic) bond motifs is 1. The first-order valence-electron chi connectivity index (χ1n) is 6.86. The molecular formula is C17H19N2S+. The minimum Gasteiger partial charge on any atom is -0.369 e. The molecule has 3 rings (SSSR count). The Morgan fingerprint density at radius 3 is 2.85 bits per heavy atom. The van der Waals surface area contributed by atoms with Gasteiger partial charge in [0.05, 0.1) is 5.03 Å². The summed E-state index contributed by atoms with van der Waals surface area (Å²) in [4.78, 5) is 2.30. The summed E-state index contributed by atoms with van der Waals surface area (Å²) < 4.78 is 2.23. The Morgan fingerprint density at radius 2 is 2.05 bits per heavy atom. The normalized spacial score (nSPS) is 17.7. The highest BCUT2D eigenvalue weighted by Crippen LogP contribution is 2.25. The zero-order valence-electron chi connectivity index (χ0n) is 11.9. The summed E-state index contributed by atoms with van der Waals surface area (Å²) in [6, 6.07) is 12.8. The van der Waals surface area contributed by atoms with Crippen molar-refractivity contribution in [1.82, 2.24) is 4.90 Å². The van der Waals surface area contributed by atoms with Crippen molar-refractivity contribution < 1.29 is 4.57 Å². The maximum absolute atomic E-state index is 2.30. The van der Waals surface area contributed by atoms with Gasteiger partial charge in [0.25, 0.3) is 0 Å². The van der Waals surface area contributed by atoms with Crippen LogP contribution in [0.1, 0.15) is 5.69 Å². The number of para-hydroxylation sites is 1. The second-order valence-electron chi connectivity index (χ2n) is 5.01. The fourth-order valence-corrected chi connectivity index (χ4v) is 3.50. The third kappa shape index (κ3) is 2.59. The van der Waals surface area contributed by atoms with Crippen LogP contribution in [-0.2, 0) is 7.05 Å². The lowest BCUT2D eigenvalue weighted by atomic mass is 10.2. The molecule has 0 atom stereocenters. The summed E-state index contributed by atoms with van der Waals surface area (Å²) in [5.41, 5.74) is 2.47. The molecule has 1 aromatic heterocycles. The van der Waals surface area contributed by atoms with Crippen LogP contribution in [0.4, 0.5) is 0 Å². The van der Waals surface area contributed by atoms with Gasteiger partial charge < -0.3 is 4.90 Å². The van der Waals surface area contributed by atoms with Crippen LogP contribution < -0.4 is 4.57 Å². The van der Waals surface area contributed by atoms with Crippen molar-refractivity contribution in [1.29, 1.82) is 0 Å². The lowest BCUT2D eigenvalue weighted by Gasteiger charge is -2.09. The highest BCUT2D eigenvalue weighted by Gasteiger charge is 2.12. The van der Waals surface area contributed by atoms with Crippen molar-refractivity contribution in [2.45, 2.75) is 0 Å². The standard InChI is InChI=1S/C17H19N2S/c1-18-12-13-20-17(18)9-5-7-15-11-10-14-6-3-4-8-16(14)19(15)2/h3-11H,12-13H2,1-2H3/q+1. The summed E-state index contributed by atoms with van der Waals surface area (Å²) in [5.74, 6) is 1.19. The van der Waals surface area contributed by atoms with Gasteiger partial charge in [-0.1, -0.05) is 18.2 Å². The van der Waals surface area contributed by atoms with E-state index in [9.17, 15) is 0 Å². The fourth-order valence-electron chi connectivity index (χ4n) is 2.44. The Bertz CT molecular complexity index is 688. The average molecular weight is 283 g/mol. The van der Waals surface area contributed by atoms with Crippen molar-refractivity contribution in [2.75, 3.05) is 19.3 Å². The molecule has 2 nitrogen and oxygen atoms in total. The molecule has 1 fully saturated rings. The quantitative estimate of drug-likeness (QED) is 0.781. The first-order chi connectivity index (χ1) is 9.75. The molecule has 3 heteroatoms. The molecule has 0 saturated carbocycles. The molecule has 0 unspecified atom stereocenters. The van der Waals surface area contributed by atoms with E-state index >= 15 is 0 Å². The molecule has 1 aliphatic rings. The fraction of sp³-hybridized carbons (Fsp3) is 0.235. The van der Waals surface area contributed by atoms with Gasteiger partial charge in [-0.05, 0) is 18.2 Å². The molecule has 0 aliphatic carbocycles. The van der Waals surface area contributed by atoms with E-state index in [2.05, 4.69) is 78.2 Å². The molecule has 1 aliphatic heterocycles. The summed E-state index contributed by atoms with van der Waals surface area (Å²) in [6.45, 7) is 1.15. The van der Waals surface area contributed by atoms with E-state index in [4.69, 9.17) is 0 Å². The van der Waals surface area contributed by atoms with E-state index in [1.807, 2.05) is 11.8 Å². The van der Waals surface area contributed by atoms with Crippen LogP contribution in [-0.4, -0.2) is 24.2 Å². The molecule has 1 saturated heterocycles. The summed E-state index contributed by atoms with van der Waals surface area (Å²) in [5, 5.41) is 2.63. The van der Waals surface area contributed by atoms with E-state index in [1.54, 1.807) is 0 Å². The highest BCUT2D eigenvalue weighted by molar-refractivity contribution is 8.03. The van der Waals surface area contributed by atoms with E-state index in [0.29, 0.717) is 0 Å². The molecule has 20 heavy (non-hydrogen) atoms. The van der Waals surface area contributed by atoms with Gasteiger partial charge >= 0.3 is 0 Å². The summed E-state index contributed by atoms with van der Waals surface area (Å²) in [6.07, 6.45) is 6.52. The predicted octanol–water partition coefficient (Wildman–Crippen LogP) is 3.20. The van der Waals surface area contributed by atoms with Gasteiger partial charge in [-0.2, -0.15) is 4.57 Å². The van der Waals surface area contributed by atoms with Gasteiger partial charge in [-0.3, -0.25) is 0 Å². The zero-order chi connectivity index (χ0) is 13.9. The number of aryl methyl sites for hydroxylation is 1. The van der Waals surface area contributed by atoms with Crippen molar-refractivity contribution >= 4 is 28.7 Å². The Hall–Kier alpha value is -1.74. The van der Waals surface area contributed by atoms with Crippen LogP contribution in [0, 0.1) is 0 Å². The molecule has 1 aromatic carbocycles. The van der Waals surface area contributed by atoms with Crippen LogP contribution in [0.3, 0.4) is 0 Å². The topological polar surface area (TPSA) is 7.12 Å². The van der Waals surface area contributed by atoms with Crippen molar-refractivity contribution in [2.24, 2.45) is 7.05 Å². The minimum absolute atomic E-state index is 1.15. The van der Waals surface area contributed by atoms with Gasteiger partial charge in [0.1, 0.15) is 7.05 Å². The zero-order valence-corrected chi connectivity index (χ0v) is 12.7. The lowest BCUT2D eigenvalue weighted by molar-refractivity contribution is -0.646. The second-order valence-corrected chi connectivity index (χ2v) is 6.13. The Kier molecular flexibility index (Phi) is 3.79. The van der Waals surface area contributed by atoms with Gasteiger partial charge in [0.15, 0.2) is 0 Å². The van der Waals surface area contributed by atoms with Crippen LogP contribution in [0.15, 0.2) is 53.6 Å². The Labute approximate surface area is 124 Å². The number of rotatable bonds is 2. The smallest absolute Gasteiger partial charge is 0.212 e. The van der Waals surface area contributed by atoms with Gasteiger partial charge in [-0.25, -0.2) is 0 Å². The number of benzene rings is 1. The first-order valence-corrected chi connectivity index (χ1v) is 7.84. The third-order valence-corrected chi connectivity index (χ3v) is 4.81. The number of aromatic nitrogens is 1. The largest absolute Gasteiger partial charge is 0.369 e. The van der Waals surface area contributed by atoms with Crippen molar-refractivity contribution in [3.05, 3.63) is 59.3 Å². The average Bonchev–Trinajstić information content (AvgIpc) is 2.87. The molecule has 0 bridgehead atoms. The molecule has 102 valence electrons. The molecule has 0 spiro atoms. The second kappa shape index (κ2) is 5.71. The third-order valence-electron chi connectivity index (χ3n) is 3.68. The molecule has 0 N–H and O–H groups in total. The number of hydrogen-bond acceptors (Lipinski definition) is 2. The summed E-state index contributed by atoms with van der Waals surface area (Å²) >= 11 is 1.92. The van der Waals surface area contributed by atoms with Gasteiger partial charge in [-0.15, -0.1) is 11.8 Å². The predicted molar refractivity (Wildman–Crippen MR) is 87.3 cm³/mol. The molecule has 2 aromatic rings. The van der Waals surface area contributed by atoms with Crippen LogP contribution >= 0.6 is 11.8 Å². The van der Waals surface area contributed by atoms with Crippen LogP contribution in [0.5, 0.6) is 0 Å². The number of allylic oxidation sites excluding steroid dienone is 2. The van der Waals surface area contributed by atoms with E-state index < -0.39 is 0 Å². The number of pyridine rings is 1. The van der Waals surface area contributed by atoms with E-state index in [1.165, 1.54) is 27.4 Å². The molecular weight excluding hydrogens is 264 g/mol. The van der Waals surface area contributed by atoms with Crippen molar-refractivity contribution in [3.63, 3.8) is 0 Å². The first kappa shape index (κ1) is 13.3. The minimum atomic E-state index is 1.15. The van der Waals surface area contributed by atoms with Crippen LogP contribution in [0.25, 0.3) is 17.0 Å². The van der Waals surface area contributed by atoms with Crippen LogP contribution in [0.2, 0.25) is 0 Å². The number of nitrogens with zero attached hydrogens (tertiary/aromatic N) is 2. The summed E-state index contributed by atoms with van der Waals surface area (Å²) in [7, 11) is 4.27. The SMILES string of the molecule is CN1CCS/C1=C\C=C\c1ccc2ccccc2[n+]1C. The molecule has 2 heterocycles. The Morgan fingerprint density at radius 1 is 1.20 bits per heavy atom.